The van der Waals surface area contributed by atoms with Crippen molar-refractivity contribution in [1.82, 2.24) is 10.6 Å². The Morgan fingerprint density at radius 2 is 0.923 bits per heavy atom. The summed E-state index contributed by atoms with van der Waals surface area (Å²) >= 11 is 0. The highest BCUT2D eigenvalue weighted by molar-refractivity contribution is 6.32. The SMILES string of the molecule is CC(=O)CCC(NC(=O)COCCOCCCC(=O)CCC(NC(=O)CCCCCCCCCCCCCCCCC(=O)C(=O)O)C(=O)O)C(=O)O. The molecular weight excluding hydrogens is 680 g/mol. The normalized spacial score (nSPS) is 12.1. The molecule has 0 bridgehead atoms. The summed E-state index contributed by atoms with van der Waals surface area (Å²) in [7, 11) is 0. The molecule has 15 nitrogen and oxygen atoms in total. The van der Waals surface area contributed by atoms with Crippen molar-refractivity contribution in [3.05, 3.63) is 0 Å². The average molecular weight is 743 g/mol. The van der Waals surface area contributed by atoms with Gasteiger partial charge in [0.25, 0.3) is 0 Å². The van der Waals surface area contributed by atoms with Gasteiger partial charge in [-0.05, 0) is 39.0 Å². The molecule has 0 rings (SSSR count). The predicted octanol–water partition coefficient (Wildman–Crippen LogP) is 4.55. The van der Waals surface area contributed by atoms with Gasteiger partial charge in [0.2, 0.25) is 17.6 Å². The number of nitrogens with one attached hydrogen (secondary N) is 2. The van der Waals surface area contributed by atoms with Crippen LogP contribution < -0.4 is 10.6 Å². The lowest BCUT2D eigenvalue weighted by Gasteiger charge is -2.14. The fraction of sp³-hybridized carbons (Fsp3) is 0.784. The van der Waals surface area contributed by atoms with Gasteiger partial charge in [0, 0.05) is 38.7 Å². The second kappa shape index (κ2) is 32.0. The summed E-state index contributed by atoms with van der Waals surface area (Å²) in [5, 5.41) is 32.0. The largest absolute Gasteiger partial charge is 0.480 e. The Balaban J connectivity index is 3.79. The molecule has 0 heterocycles. The van der Waals surface area contributed by atoms with Gasteiger partial charge in [0.1, 0.15) is 30.3 Å². The van der Waals surface area contributed by atoms with E-state index in [9.17, 15) is 43.5 Å². The molecule has 0 spiro atoms. The fourth-order valence-electron chi connectivity index (χ4n) is 5.35. The van der Waals surface area contributed by atoms with Crippen LogP contribution in [0.1, 0.15) is 148 Å². The first kappa shape index (κ1) is 48.3. The van der Waals surface area contributed by atoms with Crippen molar-refractivity contribution < 1.29 is 63.1 Å². The molecule has 0 saturated heterocycles. The minimum absolute atomic E-state index is 0.00488. The number of aliphatic carboxylic acids is 3. The van der Waals surface area contributed by atoms with E-state index in [0.717, 1.165) is 51.4 Å². The number of carbonyl (C=O) groups excluding carboxylic acids is 5. The zero-order valence-corrected chi connectivity index (χ0v) is 31.0. The average Bonchev–Trinajstić information content (AvgIpc) is 3.08. The molecule has 298 valence electrons. The summed E-state index contributed by atoms with van der Waals surface area (Å²) in [5.74, 6) is -5.75. The van der Waals surface area contributed by atoms with E-state index < -0.39 is 41.7 Å². The first-order valence-corrected chi connectivity index (χ1v) is 18.8. The third-order valence-electron chi connectivity index (χ3n) is 8.41. The third kappa shape index (κ3) is 30.0. The Morgan fingerprint density at radius 3 is 1.40 bits per heavy atom. The van der Waals surface area contributed by atoms with E-state index in [1.54, 1.807) is 0 Å². The van der Waals surface area contributed by atoms with Crippen molar-refractivity contribution in [2.75, 3.05) is 26.4 Å². The molecular formula is C37H62N2O13. The lowest BCUT2D eigenvalue weighted by atomic mass is 10.0. The van der Waals surface area contributed by atoms with Gasteiger partial charge in [-0.3, -0.25) is 19.2 Å². The van der Waals surface area contributed by atoms with Crippen molar-refractivity contribution in [3.63, 3.8) is 0 Å². The Kier molecular flexibility index (Phi) is 29.7. The van der Waals surface area contributed by atoms with Crippen LogP contribution in [0.3, 0.4) is 0 Å². The molecule has 0 aromatic rings. The van der Waals surface area contributed by atoms with E-state index in [0.29, 0.717) is 19.3 Å². The third-order valence-corrected chi connectivity index (χ3v) is 8.41. The summed E-state index contributed by atoms with van der Waals surface area (Å²) in [5.41, 5.74) is 0. The Bertz CT molecular complexity index is 1100. The smallest absolute Gasteiger partial charge is 0.372 e. The maximum Gasteiger partial charge on any atom is 0.372 e. The minimum Gasteiger partial charge on any atom is -0.480 e. The second-order valence-electron chi connectivity index (χ2n) is 13.2. The molecule has 0 fully saturated rings. The summed E-state index contributed by atoms with van der Waals surface area (Å²) < 4.78 is 10.5. The molecule has 0 aromatic heterocycles. The van der Waals surface area contributed by atoms with Crippen LogP contribution in [0, 0.1) is 0 Å². The van der Waals surface area contributed by atoms with Gasteiger partial charge in [-0.15, -0.1) is 0 Å². The van der Waals surface area contributed by atoms with E-state index in [4.69, 9.17) is 19.7 Å². The van der Waals surface area contributed by atoms with Crippen LogP contribution >= 0.6 is 0 Å². The number of hydrogen-bond donors (Lipinski definition) is 5. The fourth-order valence-corrected chi connectivity index (χ4v) is 5.35. The predicted molar refractivity (Wildman–Crippen MR) is 191 cm³/mol. The summed E-state index contributed by atoms with van der Waals surface area (Å²) in [6, 6.07) is -2.30. The highest BCUT2D eigenvalue weighted by Gasteiger charge is 2.21. The highest BCUT2D eigenvalue weighted by atomic mass is 16.5. The second-order valence-corrected chi connectivity index (χ2v) is 13.2. The molecule has 2 amide bonds. The number of amides is 2. The van der Waals surface area contributed by atoms with Crippen molar-refractivity contribution >= 4 is 47.1 Å². The summed E-state index contributed by atoms with van der Waals surface area (Å²) in [6.45, 7) is 1.44. The molecule has 5 N–H and O–H groups in total. The molecule has 0 aliphatic rings. The molecule has 52 heavy (non-hydrogen) atoms. The number of Topliss-reactive ketones (excluding diaryl/α,β-unsaturated/α-hetero) is 3. The van der Waals surface area contributed by atoms with Crippen LogP contribution in [-0.2, 0) is 47.8 Å². The van der Waals surface area contributed by atoms with Crippen LogP contribution in [0.15, 0.2) is 0 Å². The van der Waals surface area contributed by atoms with Crippen molar-refractivity contribution in [1.29, 1.82) is 0 Å². The molecule has 0 radical (unpaired) electrons. The molecule has 0 saturated carbocycles. The lowest BCUT2D eigenvalue weighted by Crippen LogP contribution is -2.42. The van der Waals surface area contributed by atoms with Gasteiger partial charge < -0.3 is 40.2 Å². The number of unbranched alkanes of at least 4 members (excludes halogenated alkanes) is 13. The molecule has 0 aliphatic heterocycles. The number of rotatable bonds is 37. The van der Waals surface area contributed by atoms with Crippen LogP contribution in [0.25, 0.3) is 0 Å². The van der Waals surface area contributed by atoms with E-state index in [-0.39, 0.29) is 88.8 Å². The van der Waals surface area contributed by atoms with E-state index >= 15 is 0 Å². The van der Waals surface area contributed by atoms with Crippen molar-refractivity contribution in [2.45, 2.75) is 160 Å². The zero-order valence-electron chi connectivity index (χ0n) is 31.0. The maximum atomic E-state index is 12.3. The Morgan fingerprint density at radius 1 is 0.481 bits per heavy atom. The first-order chi connectivity index (χ1) is 24.8. The monoisotopic (exact) mass is 742 g/mol. The van der Waals surface area contributed by atoms with E-state index in [2.05, 4.69) is 10.6 Å². The topological polar surface area (TPSA) is 240 Å². The maximum absolute atomic E-state index is 12.3. The number of carboxylic acids is 3. The van der Waals surface area contributed by atoms with Gasteiger partial charge in [0.15, 0.2) is 0 Å². The number of ketones is 3. The highest BCUT2D eigenvalue weighted by Crippen LogP contribution is 2.14. The quantitative estimate of drug-likeness (QED) is 0.0434. The molecule has 15 heteroatoms. The van der Waals surface area contributed by atoms with Gasteiger partial charge in [-0.1, -0.05) is 77.0 Å². The van der Waals surface area contributed by atoms with Crippen molar-refractivity contribution in [3.8, 4) is 0 Å². The van der Waals surface area contributed by atoms with Gasteiger partial charge in [-0.25, -0.2) is 14.4 Å². The summed E-state index contributed by atoms with van der Waals surface area (Å²) in [6.07, 6.45) is 15.4. The van der Waals surface area contributed by atoms with Gasteiger partial charge >= 0.3 is 17.9 Å². The first-order valence-electron chi connectivity index (χ1n) is 18.8. The minimum atomic E-state index is -1.35. The zero-order chi connectivity index (χ0) is 39.0. The summed E-state index contributed by atoms with van der Waals surface area (Å²) in [4.78, 5) is 91.7. The number of ether oxygens (including phenoxy) is 2. The van der Waals surface area contributed by atoms with Crippen LogP contribution in [0.4, 0.5) is 0 Å². The Hall–Kier alpha value is -3.72. The molecule has 2 unspecified atom stereocenters. The van der Waals surface area contributed by atoms with Gasteiger partial charge in [-0.2, -0.15) is 0 Å². The van der Waals surface area contributed by atoms with E-state index in [1.165, 1.54) is 32.6 Å². The van der Waals surface area contributed by atoms with Crippen LogP contribution in [0.2, 0.25) is 0 Å². The Labute approximate surface area is 307 Å². The number of carbonyl (C=O) groups is 8. The molecule has 2 atom stereocenters. The molecule has 0 aliphatic carbocycles. The van der Waals surface area contributed by atoms with E-state index in [1.807, 2.05) is 0 Å². The van der Waals surface area contributed by atoms with Crippen molar-refractivity contribution in [2.24, 2.45) is 0 Å². The lowest BCUT2D eigenvalue weighted by molar-refractivity contribution is -0.149. The molecule has 0 aromatic carbocycles. The standard InChI is InChI=1S/C37H62N2O13/c1-28(40)20-22-30(35(45)46)39-34(44)27-52-26-25-51-24-16-17-29(41)21-23-31(36(47)48)38-33(43)19-15-13-11-9-7-5-3-2-4-6-8-10-12-14-18-32(42)37(49)50/h30-31H,2-27H2,1H3,(H,38,43)(H,39,44)(H,45,46)(H,47,48)(H,49,50). The van der Waals surface area contributed by atoms with Gasteiger partial charge in [0.05, 0.1) is 13.2 Å². The number of hydrogen-bond acceptors (Lipinski definition) is 10. The van der Waals surface area contributed by atoms with Crippen LogP contribution in [0.5, 0.6) is 0 Å². The van der Waals surface area contributed by atoms with Crippen LogP contribution in [-0.4, -0.2) is 101 Å². The number of carboxylic acid groups (broad SMARTS) is 3.